The van der Waals surface area contributed by atoms with Crippen LogP contribution in [0.3, 0.4) is 0 Å². The van der Waals surface area contributed by atoms with E-state index in [0.29, 0.717) is 0 Å². The van der Waals surface area contributed by atoms with Gasteiger partial charge in [-0.05, 0) is 43.7 Å². The average Bonchev–Trinajstić information content (AvgIpc) is 2.80. The molecule has 0 fully saturated rings. The third-order valence-electron chi connectivity index (χ3n) is 3.06. The third-order valence-corrected chi connectivity index (χ3v) is 3.92. The molecule has 2 aromatic heterocycles. The molecule has 0 spiro atoms. The topological polar surface area (TPSA) is 67.6 Å². The molecular weight excluding hydrogens is 268 g/mol. The Bertz CT molecular complexity index is 731. The molecule has 2 heterocycles. The van der Waals surface area contributed by atoms with E-state index < -0.39 is 0 Å². The van der Waals surface area contributed by atoms with E-state index in [1.54, 1.807) is 11.8 Å². The molecule has 20 heavy (non-hydrogen) atoms. The molecule has 3 rings (SSSR count). The van der Waals surface area contributed by atoms with Crippen LogP contribution in [-0.2, 0) is 0 Å². The predicted octanol–water partition coefficient (Wildman–Crippen LogP) is 3.44. The molecule has 0 unspecified atom stereocenters. The molecule has 0 saturated carbocycles. The molecule has 0 radical (unpaired) electrons. The third kappa shape index (κ3) is 2.69. The van der Waals surface area contributed by atoms with Crippen LogP contribution < -0.4 is 5.73 Å². The van der Waals surface area contributed by atoms with Gasteiger partial charge in [0.2, 0.25) is 0 Å². The fourth-order valence-corrected chi connectivity index (χ4v) is 2.75. The van der Waals surface area contributed by atoms with E-state index in [1.807, 2.05) is 31.3 Å². The highest BCUT2D eigenvalue weighted by atomic mass is 32.2. The van der Waals surface area contributed by atoms with Gasteiger partial charge in [0.05, 0.1) is 16.7 Å². The maximum absolute atomic E-state index is 5.79. The highest BCUT2D eigenvalue weighted by Crippen LogP contribution is 2.27. The van der Waals surface area contributed by atoms with E-state index in [9.17, 15) is 0 Å². The van der Waals surface area contributed by atoms with Crippen LogP contribution in [0.25, 0.3) is 11.0 Å². The number of hydrogen-bond donors (Lipinski definition) is 2. The highest BCUT2D eigenvalue weighted by molar-refractivity contribution is 7.99. The Balaban J connectivity index is 1.85. The lowest BCUT2D eigenvalue weighted by atomic mass is 10.2. The first-order valence-electron chi connectivity index (χ1n) is 6.47. The lowest BCUT2D eigenvalue weighted by molar-refractivity contribution is 0.777. The van der Waals surface area contributed by atoms with Crippen LogP contribution >= 0.6 is 11.8 Å². The van der Waals surface area contributed by atoms with Crippen LogP contribution in [0, 0.1) is 6.92 Å². The molecule has 0 aliphatic rings. The number of fused-ring (bicyclic) bond motifs is 1. The second kappa shape index (κ2) is 5.26. The molecule has 0 saturated heterocycles. The monoisotopic (exact) mass is 284 g/mol. The quantitative estimate of drug-likeness (QED) is 0.773. The summed E-state index contributed by atoms with van der Waals surface area (Å²) in [6.45, 7) is 4.00. The molecule has 5 heteroatoms. The largest absolute Gasteiger partial charge is 0.333 e. The zero-order valence-electron chi connectivity index (χ0n) is 11.4. The number of imidazole rings is 1. The maximum atomic E-state index is 5.79. The van der Waals surface area contributed by atoms with Crippen molar-refractivity contribution >= 4 is 22.8 Å². The normalized spacial score (nSPS) is 12.8. The van der Waals surface area contributed by atoms with E-state index in [0.717, 1.165) is 26.8 Å². The lowest BCUT2D eigenvalue weighted by Crippen LogP contribution is -2.06. The molecule has 3 aromatic rings. The minimum absolute atomic E-state index is 0.0387. The minimum atomic E-state index is -0.0387. The standard InChI is InChI=1S/C15H16N4S/c1-9-3-5-13-14(7-9)19-15(18-13)20-11-4-6-12(10(2)16)17-8-11/h3-8,10H,16H2,1-2H3,(H,18,19)/t10-/m1/s1. The van der Waals surface area contributed by atoms with Crippen molar-refractivity contribution in [2.24, 2.45) is 5.73 Å². The Morgan fingerprint density at radius 1 is 1.25 bits per heavy atom. The van der Waals surface area contributed by atoms with Gasteiger partial charge in [0.1, 0.15) is 0 Å². The second-order valence-electron chi connectivity index (χ2n) is 4.87. The number of H-pyrrole nitrogens is 1. The first kappa shape index (κ1) is 13.1. The van der Waals surface area contributed by atoms with Crippen molar-refractivity contribution in [2.45, 2.75) is 29.9 Å². The Hall–Kier alpha value is -1.85. The average molecular weight is 284 g/mol. The summed E-state index contributed by atoms with van der Waals surface area (Å²) in [6, 6.07) is 10.1. The summed E-state index contributed by atoms with van der Waals surface area (Å²) in [7, 11) is 0. The van der Waals surface area contributed by atoms with Gasteiger partial charge in [-0.2, -0.15) is 0 Å². The zero-order valence-corrected chi connectivity index (χ0v) is 12.2. The van der Waals surface area contributed by atoms with Crippen molar-refractivity contribution in [3.8, 4) is 0 Å². The number of nitrogens with zero attached hydrogens (tertiary/aromatic N) is 2. The number of benzene rings is 1. The molecule has 102 valence electrons. The minimum Gasteiger partial charge on any atom is -0.333 e. The van der Waals surface area contributed by atoms with Crippen molar-refractivity contribution in [1.29, 1.82) is 0 Å². The van der Waals surface area contributed by atoms with E-state index in [-0.39, 0.29) is 6.04 Å². The number of pyridine rings is 1. The SMILES string of the molecule is Cc1ccc2nc(Sc3ccc([C@@H](C)N)nc3)[nH]c2c1. The van der Waals surface area contributed by atoms with Gasteiger partial charge in [-0.3, -0.25) is 4.98 Å². The first-order valence-corrected chi connectivity index (χ1v) is 7.29. The second-order valence-corrected chi connectivity index (χ2v) is 5.93. The number of aromatic nitrogens is 3. The van der Waals surface area contributed by atoms with Crippen LogP contribution in [-0.4, -0.2) is 15.0 Å². The van der Waals surface area contributed by atoms with Gasteiger partial charge >= 0.3 is 0 Å². The summed E-state index contributed by atoms with van der Waals surface area (Å²) in [5.41, 5.74) is 9.96. The van der Waals surface area contributed by atoms with Crippen LogP contribution in [0.15, 0.2) is 46.6 Å². The molecule has 0 aliphatic carbocycles. The van der Waals surface area contributed by atoms with Gasteiger partial charge in [0, 0.05) is 17.1 Å². The fraction of sp³-hybridized carbons (Fsp3) is 0.200. The maximum Gasteiger partial charge on any atom is 0.171 e. The number of nitrogens with one attached hydrogen (secondary N) is 1. The zero-order chi connectivity index (χ0) is 14.1. The van der Waals surface area contributed by atoms with Gasteiger partial charge < -0.3 is 10.7 Å². The summed E-state index contributed by atoms with van der Waals surface area (Å²) < 4.78 is 0. The molecule has 0 bridgehead atoms. The van der Waals surface area contributed by atoms with Crippen LogP contribution in [0.5, 0.6) is 0 Å². The smallest absolute Gasteiger partial charge is 0.171 e. The Kier molecular flexibility index (Phi) is 3.46. The fourth-order valence-electron chi connectivity index (χ4n) is 1.98. The van der Waals surface area contributed by atoms with Crippen LogP contribution in [0.4, 0.5) is 0 Å². The number of hydrogen-bond acceptors (Lipinski definition) is 4. The number of nitrogens with two attached hydrogens (primary N) is 1. The molecule has 0 amide bonds. The molecule has 3 N–H and O–H groups in total. The van der Waals surface area contributed by atoms with E-state index in [4.69, 9.17) is 5.73 Å². The van der Waals surface area contributed by atoms with Crippen LogP contribution in [0.2, 0.25) is 0 Å². The van der Waals surface area contributed by atoms with Crippen molar-refractivity contribution in [3.63, 3.8) is 0 Å². The van der Waals surface area contributed by atoms with Gasteiger partial charge in [-0.1, -0.05) is 17.8 Å². The molecule has 0 aliphatic heterocycles. The summed E-state index contributed by atoms with van der Waals surface area (Å²) in [6.07, 6.45) is 1.84. The number of aromatic amines is 1. The first-order chi connectivity index (χ1) is 9.61. The Morgan fingerprint density at radius 3 is 2.80 bits per heavy atom. The summed E-state index contributed by atoms with van der Waals surface area (Å²) in [5, 5.41) is 0.876. The predicted molar refractivity (Wildman–Crippen MR) is 81.8 cm³/mol. The Morgan fingerprint density at radius 2 is 2.10 bits per heavy atom. The van der Waals surface area contributed by atoms with Crippen molar-refractivity contribution in [2.75, 3.05) is 0 Å². The molecule has 4 nitrogen and oxygen atoms in total. The van der Waals surface area contributed by atoms with E-state index in [1.165, 1.54) is 5.56 Å². The summed E-state index contributed by atoms with van der Waals surface area (Å²) in [5.74, 6) is 0. The lowest BCUT2D eigenvalue weighted by Gasteiger charge is -2.04. The van der Waals surface area contributed by atoms with E-state index >= 15 is 0 Å². The molecule has 1 aromatic carbocycles. The van der Waals surface area contributed by atoms with Gasteiger partial charge in [0.15, 0.2) is 5.16 Å². The van der Waals surface area contributed by atoms with E-state index in [2.05, 4.69) is 34.0 Å². The van der Waals surface area contributed by atoms with Crippen molar-refractivity contribution < 1.29 is 0 Å². The van der Waals surface area contributed by atoms with Crippen molar-refractivity contribution in [1.82, 2.24) is 15.0 Å². The molecule has 1 atom stereocenters. The molecular formula is C15H16N4S. The van der Waals surface area contributed by atoms with Gasteiger partial charge in [0.25, 0.3) is 0 Å². The summed E-state index contributed by atoms with van der Waals surface area (Å²) >= 11 is 1.57. The Labute approximate surface area is 121 Å². The van der Waals surface area contributed by atoms with Crippen molar-refractivity contribution in [3.05, 3.63) is 47.8 Å². The summed E-state index contributed by atoms with van der Waals surface area (Å²) in [4.78, 5) is 13.3. The number of rotatable bonds is 3. The number of aryl methyl sites for hydroxylation is 1. The highest BCUT2D eigenvalue weighted by Gasteiger charge is 2.06. The van der Waals surface area contributed by atoms with Crippen LogP contribution in [0.1, 0.15) is 24.2 Å². The van der Waals surface area contributed by atoms with Gasteiger partial charge in [-0.25, -0.2) is 4.98 Å². The van der Waals surface area contributed by atoms with Gasteiger partial charge in [-0.15, -0.1) is 0 Å².